The zero-order chi connectivity index (χ0) is 22.5. The van der Waals surface area contributed by atoms with Gasteiger partial charge >= 0.3 is 5.97 Å². The van der Waals surface area contributed by atoms with E-state index in [0.29, 0.717) is 5.92 Å². The van der Waals surface area contributed by atoms with E-state index in [0.717, 1.165) is 48.4 Å². The van der Waals surface area contributed by atoms with E-state index in [4.69, 9.17) is 0 Å². The molecule has 6 nitrogen and oxygen atoms in total. The zero-order valence-corrected chi connectivity index (χ0v) is 18.6. The third-order valence-electron chi connectivity index (χ3n) is 6.33. The number of aromatic nitrogens is 2. The van der Waals surface area contributed by atoms with E-state index < -0.39 is 5.97 Å². The lowest BCUT2D eigenvalue weighted by Gasteiger charge is -2.32. The van der Waals surface area contributed by atoms with Gasteiger partial charge in [0.15, 0.2) is 0 Å². The Morgan fingerprint density at radius 3 is 2.72 bits per heavy atom. The molecule has 0 spiro atoms. The maximum absolute atomic E-state index is 11.2. The van der Waals surface area contributed by atoms with Gasteiger partial charge in [0.05, 0.1) is 24.0 Å². The molecule has 32 heavy (non-hydrogen) atoms. The number of hydrogen-bond donors (Lipinski definition) is 3. The molecule has 0 aliphatic carbocycles. The molecule has 6 heteroatoms. The number of hydrogen-bond acceptors (Lipinski definition) is 5. The lowest BCUT2D eigenvalue weighted by Crippen LogP contribution is -2.37. The number of aryl methyl sites for hydroxylation is 2. The second-order valence-corrected chi connectivity index (χ2v) is 8.60. The molecule has 0 saturated heterocycles. The highest BCUT2D eigenvalue weighted by Gasteiger charge is 2.28. The van der Waals surface area contributed by atoms with Crippen molar-refractivity contribution in [3.05, 3.63) is 88.2 Å². The van der Waals surface area contributed by atoms with E-state index in [1.807, 2.05) is 19.1 Å². The van der Waals surface area contributed by atoms with Crippen molar-refractivity contribution in [2.24, 2.45) is 5.92 Å². The van der Waals surface area contributed by atoms with Crippen LogP contribution >= 0.6 is 0 Å². The molecule has 3 aromatic rings. The summed E-state index contributed by atoms with van der Waals surface area (Å²) in [6, 6.07) is 16.9. The molecule has 0 unspecified atom stereocenters. The summed E-state index contributed by atoms with van der Waals surface area (Å²) in [6.07, 6.45) is 3.50. The van der Waals surface area contributed by atoms with Crippen LogP contribution in [-0.2, 0) is 24.1 Å². The van der Waals surface area contributed by atoms with E-state index in [-0.39, 0.29) is 12.5 Å². The van der Waals surface area contributed by atoms with Crippen molar-refractivity contribution in [2.75, 3.05) is 18.4 Å². The molecule has 3 N–H and O–H groups in total. The van der Waals surface area contributed by atoms with E-state index in [1.165, 1.54) is 16.7 Å². The number of fused-ring (bicyclic) bond motifs is 1. The maximum Gasteiger partial charge on any atom is 0.307 e. The summed E-state index contributed by atoms with van der Waals surface area (Å²) in [7, 11) is 0. The van der Waals surface area contributed by atoms with Crippen molar-refractivity contribution >= 4 is 11.7 Å². The molecule has 1 aromatic heterocycles. The molecule has 1 aliphatic heterocycles. The monoisotopic (exact) mass is 430 g/mol. The first-order chi connectivity index (χ1) is 15.5. The quantitative estimate of drug-likeness (QED) is 0.503. The van der Waals surface area contributed by atoms with Crippen molar-refractivity contribution in [2.45, 2.75) is 39.2 Å². The Kier molecular flexibility index (Phi) is 6.81. The Bertz CT molecular complexity index is 1080. The van der Waals surface area contributed by atoms with Crippen LogP contribution in [0.1, 0.15) is 39.6 Å². The molecule has 0 radical (unpaired) electrons. The van der Waals surface area contributed by atoms with Gasteiger partial charge in [0.25, 0.3) is 0 Å². The molecule has 0 bridgehead atoms. The van der Waals surface area contributed by atoms with Crippen LogP contribution in [0.4, 0.5) is 5.69 Å². The Labute approximate surface area is 189 Å². The zero-order valence-electron chi connectivity index (χ0n) is 18.6. The lowest BCUT2D eigenvalue weighted by molar-refractivity contribution is -0.136. The SMILES string of the molecule is Cc1cc(C)c(CC(=O)O)cc1CCN[C@H](c1ccccc1)[C@@H]1CNc2ccnnc2C1. The smallest absolute Gasteiger partial charge is 0.307 e. The number of nitrogens with zero attached hydrogens (tertiary/aromatic N) is 2. The van der Waals surface area contributed by atoms with E-state index >= 15 is 0 Å². The fraction of sp³-hybridized carbons (Fsp3) is 0.346. The van der Waals surface area contributed by atoms with Crippen LogP contribution in [0, 0.1) is 19.8 Å². The van der Waals surface area contributed by atoms with Crippen molar-refractivity contribution < 1.29 is 9.90 Å². The van der Waals surface area contributed by atoms with Crippen LogP contribution in [0.3, 0.4) is 0 Å². The molecule has 0 amide bonds. The number of anilines is 1. The summed E-state index contributed by atoms with van der Waals surface area (Å²) in [5, 5.41) is 24.9. The van der Waals surface area contributed by atoms with Crippen molar-refractivity contribution in [1.29, 1.82) is 0 Å². The number of carbonyl (C=O) groups is 1. The maximum atomic E-state index is 11.2. The summed E-state index contributed by atoms with van der Waals surface area (Å²) in [5.41, 5.74) is 7.69. The van der Waals surface area contributed by atoms with Gasteiger partial charge < -0.3 is 15.7 Å². The van der Waals surface area contributed by atoms with Gasteiger partial charge in [-0.3, -0.25) is 4.79 Å². The number of aliphatic carboxylic acids is 1. The standard InChI is InChI=1S/C26H30N4O2/c1-17-12-18(2)21(15-25(31)32)13-20(17)8-10-27-26(19-6-4-3-5-7-19)22-14-24-23(28-16-22)9-11-29-30-24/h3-7,9,11-13,22,26-28H,8,10,14-16H2,1-2H3,(H,31,32)/t22-,26+/m0/s1. The fourth-order valence-corrected chi connectivity index (χ4v) is 4.62. The predicted molar refractivity (Wildman–Crippen MR) is 126 cm³/mol. The molecule has 2 atom stereocenters. The van der Waals surface area contributed by atoms with Crippen LogP contribution < -0.4 is 10.6 Å². The van der Waals surface area contributed by atoms with Gasteiger partial charge in [-0.05, 0) is 67.1 Å². The molecule has 4 rings (SSSR count). The number of carboxylic acid groups (broad SMARTS) is 1. The Balaban J connectivity index is 1.49. The first-order valence-corrected chi connectivity index (χ1v) is 11.1. The lowest BCUT2D eigenvalue weighted by atomic mass is 9.86. The van der Waals surface area contributed by atoms with Crippen molar-refractivity contribution in [3.63, 3.8) is 0 Å². The molecule has 2 aromatic carbocycles. The fourth-order valence-electron chi connectivity index (χ4n) is 4.62. The average Bonchev–Trinajstić information content (AvgIpc) is 2.79. The Morgan fingerprint density at radius 1 is 1.16 bits per heavy atom. The third kappa shape index (κ3) is 5.14. The van der Waals surface area contributed by atoms with Gasteiger partial charge in [0, 0.05) is 18.5 Å². The normalized spacial score (nSPS) is 16.1. The first-order valence-electron chi connectivity index (χ1n) is 11.1. The number of nitrogens with one attached hydrogen (secondary N) is 2. The van der Waals surface area contributed by atoms with E-state index in [9.17, 15) is 9.90 Å². The number of rotatable bonds is 8. The van der Waals surface area contributed by atoms with Gasteiger partial charge in [-0.1, -0.05) is 42.5 Å². The average molecular weight is 431 g/mol. The minimum Gasteiger partial charge on any atom is -0.481 e. The van der Waals surface area contributed by atoms with E-state index in [1.54, 1.807) is 6.20 Å². The highest BCUT2D eigenvalue weighted by Crippen LogP contribution is 2.31. The molecule has 0 fully saturated rings. The first kappa shape index (κ1) is 22.0. The topological polar surface area (TPSA) is 87.1 Å². The van der Waals surface area contributed by atoms with Gasteiger partial charge in [-0.2, -0.15) is 10.2 Å². The molecule has 166 valence electrons. The molecular formula is C26H30N4O2. The van der Waals surface area contributed by atoms with Crippen LogP contribution in [-0.4, -0.2) is 34.4 Å². The van der Waals surface area contributed by atoms with E-state index in [2.05, 4.69) is 64.2 Å². The van der Waals surface area contributed by atoms with Crippen LogP contribution in [0.15, 0.2) is 54.7 Å². The third-order valence-corrected chi connectivity index (χ3v) is 6.33. The Morgan fingerprint density at radius 2 is 1.94 bits per heavy atom. The minimum absolute atomic E-state index is 0.0629. The number of benzene rings is 2. The summed E-state index contributed by atoms with van der Waals surface area (Å²) in [4.78, 5) is 11.2. The number of carboxylic acids is 1. The predicted octanol–water partition coefficient (Wildman–Crippen LogP) is 3.88. The molecule has 2 heterocycles. The van der Waals surface area contributed by atoms with Gasteiger partial charge in [-0.25, -0.2) is 0 Å². The largest absolute Gasteiger partial charge is 0.481 e. The highest BCUT2D eigenvalue weighted by molar-refractivity contribution is 5.71. The minimum atomic E-state index is -0.793. The molecular weight excluding hydrogens is 400 g/mol. The van der Waals surface area contributed by atoms with Gasteiger partial charge in [-0.15, -0.1) is 0 Å². The van der Waals surface area contributed by atoms with Crippen molar-refractivity contribution in [3.8, 4) is 0 Å². The van der Waals surface area contributed by atoms with Gasteiger partial charge in [0.2, 0.25) is 0 Å². The van der Waals surface area contributed by atoms with Crippen LogP contribution in [0.25, 0.3) is 0 Å². The van der Waals surface area contributed by atoms with Crippen LogP contribution in [0.5, 0.6) is 0 Å². The molecule has 1 aliphatic rings. The van der Waals surface area contributed by atoms with Crippen molar-refractivity contribution in [1.82, 2.24) is 15.5 Å². The summed E-state index contributed by atoms with van der Waals surface area (Å²) in [5.74, 6) is -0.443. The second-order valence-electron chi connectivity index (χ2n) is 8.60. The summed E-state index contributed by atoms with van der Waals surface area (Å²) in [6.45, 7) is 5.76. The Hall–Kier alpha value is -3.25. The highest BCUT2D eigenvalue weighted by atomic mass is 16.4. The summed E-state index contributed by atoms with van der Waals surface area (Å²) < 4.78 is 0. The van der Waals surface area contributed by atoms with Gasteiger partial charge in [0.1, 0.15) is 0 Å². The molecule has 0 saturated carbocycles. The second kappa shape index (κ2) is 9.92. The van der Waals surface area contributed by atoms with Crippen LogP contribution in [0.2, 0.25) is 0 Å². The summed E-state index contributed by atoms with van der Waals surface area (Å²) >= 11 is 0.